The summed E-state index contributed by atoms with van der Waals surface area (Å²) in [6.07, 6.45) is 31.3. The molecule has 2 unspecified atom stereocenters. The average molecular weight is 773 g/mol. The van der Waals surface area contributed by atoms with Crippen LogP contribution < -0.4 is 0 Å². The van der Waals surface area contributed by atoms with Crippen LogP contribution in [0.3, 0.4) is 0 Å². The van der Waals surface area contributed by atoms with Crippen molar-refractivity contribution in [1.82, 2.24) is 0 Å². The molecule has 0 aromatic heterocycles. The van der Waals surface area contributed by atoms with Gasteiger partial charge in [0.05, 0.1) is 25.9 Å². The van der Waals surface area contributed by atoms with Gasteiger partial charge in [-0.3, -0.25) is 18.6 Å². The second kappa shape index (κ2) is 35.6. The molecule has 0 fully saturated rings. The highest BCUT2D eigenvalue weighted by Crippen LogP contribution is 2.43. The molecule has 0 spiro atoms. The largest absolute Gasteiger partial charge is 0.472 e. The molecule has 0 aliphatic carbocycles. The third-order valence-electron chi connectivity index (χ3n) is 8.63. The first-order valence-electron chi connectivity index (χ1n) is 20.1. The predicted molar refractivity (Wildman–Crippen MR) is 211 cm³/mol. The van der Waals surface area contributed by atoms with Crippen LogP contribution >= 0.6 is 7.82 Å². The number of rotatable bonds is 36. The highest BCUT2D eigenvalue weighted by Gasteiger charge is 2.27. The average Bonchev–Trinajstić information content (AvgIpc) is 3.14. The lowest BCUT2D eigenvalue weighted by Crippen LogP contribution is -2.29. The van der Waals surface area contributed by atoms with Crippen LogP contribution in [0.1, 0.15) is 149 Å². The van der Waals surface area contributed by atoms with E-state index in [0.29, 0.717) is 19.3 Å². The Morgan fingerprint density at radius 3 is 1.98 bits per heavy atom. The molecule has 0 heterocycles. The van der Waals surface area contributed by atoms with Crippen molar-refractivity contribution in [2.45, 2.75) is 167 Å². The summed E-state index contributed by atoms with van der Waals surface area (Å²) in [7, 11) is -4.64. The minimum atomic E-state index is -4.64. The van der Waals surface area contributed by atoms with Crippen LogP contribution in [0.4, 0.5) is 0 Å². The number of aliphatic hydroxyl groups is 3. The molecule has 0 bridgehead atoms. The van der Waals surface area contributed by atoms with E-state index in [1.807, 2.05) is 36.5 Å². The van der Waals surface area contributed by atoms with E-state index in [1.165, 1.54) is 38.5 Å². The third-order valence-corrected chi connectivity index (χ3v) is 9.58. The fraction of sp³-hybridized carbons (Fsp3) is 0.756. The van der Waals surface area contributed by atoms with Gasteiger partial charge < -0.3 is 29.7 Å². The van der Waals surface area contributed by atoms with E-state index >= 15 is 0 Å². The number of allylic oxidation sites excluding steroid dienone is 7. The maximum Gasteiger partial charge on any atom is 0.472 e. The molecule has 0 aromatic rings. The van der Waals surface area contributed by atoms with E-state index in [4.69, 9.17) is 19.1 Å². The number of unbranched alkanes of at least 4 members (excludes halogenated alkanes) is 10. The van der Waals surface area contributed by atoms with Crippen LogP contribution in [0.2, 0.25) is 0 Å². The fourth-order valence-electron chi connectivity index (χ4n) is 5.07. The van der Waals surface area contributed by atoms with Crippen molar-refractivity contribution in [3.8, 4) is 0 Å². The van der Waals surface area contributed by atoms with E-state index < -0.39 is 51.8 Å². The summed E-state index contributed by atoms with van der Waals surface area (Å²) < 4.78 is 32.5. The summed E-state index contributed by atoms with van der Waals surface area (Å²) in [5, 5.41) is 28.2. The molecule has 0 aromatic carbocycles. The van der Waals surface area contributed by atoms with Gasteiger partial charge in [-0.15, -0.1) is 0 Å². The Morgan fingerprint density at radius 1 is 0.698 bits per heavy atom. The van der Waals surface area contributed by atoms with Crippen molar-refractivity contribution in [3.63, 3.8) is 0 Å². The van der Waals surface area contributed by atoms with Crippen LogP contribution in [0.5, 0.6) is 0 Å². The predicted octanol–water partition coefficient (Wildman–Crippen LogP) is 8.99. The third kappa shape index (κ3) is 35.4. The van der Waals surface area contributed by atoms with Gasteiger partial charge in [-0.05, 0) is 44.4 Å². The number of carbonyl (C=O) groups is 2. The molecule has 0 saturated carbocycles. The monoisotopic (exact) mass is 772 g/mol. The van der Waals surface area contributed by atoms with Gasteiger partial charge in [0.2, 0.25) is 0 Å². The minimum absolute atomic E-state index is 0.145. The number of phosphoric ester groups is 1. The maximum atomic E-state index is 12.6. The molecular weight excluding hydrogens is 699 g/mol. The van der Waals surface area contributed by atoms with Gasteiger partial charge in [0, 0.05) is 12.8 Å². The first kappa shape index (κ1) is 50.9. The fourth-order valence-corrected chi connectivity index (χ4v) is 5.86. The van der Waals surface area contributed by atoms with Crippen LogP contribution in [0.15, 0.2) is 48.6 Å². The molecule has 0 radical (unpaired) electrons. The molecule has 0 rings (SSSR count). The lowest BCUT2D eigenvalue weighted by atomic mass is 9.99. The summed E-state index contributed by atoms with van der Waals surface area (Å²) in [6.45, 7) is 4.46. The Kier molecular flexibility index (Phi) is 34.2. The normalized spacial score (nSPS) is 15.7. The highest BCUT2D eigenvalue weighted by atomic mass is 31.2. The zero-order valence-electron chi connectivity index (χ0n) is 33.0. The molecule has 0 amide bonds. The molecule has 12 heteroatoms. The Balaban J connectivity index is 4.49. The van der Waals surface area contributed by atoms with Crippen LogP contribution in [0.25, 0.3) is 0 Å². The number of hydrogen-bond donors (Lipinski definition) is 4. The van der Waals surface area contributed by atoms with Gasteiger partial charge in [-0.2, -0.15) is 0 Å². The zero-order valence-corrected chi connectivity index (χ0v) is 33.9. The quantitative estimate of drug-likeness (QED) is 0.0158. The summed E-state index contributed by atoms with van der Waals surface area (Å²) in [4.78, 5) is 34.8. The molecular formula is C41H73O11P. The molecule has 0 aliphatic heterocycles. The Bertz CT molecular complexity index is 1060. The lowest BCUT2D eigenvalue weighted by molar-refractivity contribution is -0.161. The Hall–Kier alpha value is -2.11. The smallest absolute Gasteiger partial charge is 0.462 e. The van der Waals surface area contributed by atoms with E-state index in [9.17, 15) is 29.3 Å². The van der Waals surface area contributed by atoms with Crippen molar-refractivity contribution < 1.29 is 52.9 Å². The minimum Gasteiger partial charge on any atom is -0.462 e. The first-order valence-corrected chi connectivity index (χ1v) is 21.6. The van der Waals surface area contributed by atoms with Crippen molar-refractivity contribution in [2.75, 3.05) is 26.4 Å². The number of aliphatic hydroxyl groups excluding tert-OH is 3. The van der Waals surface area contributed by atoms with Crippen molar-refractivity contribution in [2.24, 2.45) is 5.92 Å². The summed E-state index contributed by atoms with van der Waals surface area (Å²) in [5.41, 5.74) is 0. The standard InChI is InChI=1S/C41H73O11P/c1-4-6-22-28-37(43)29-24-19-15-10-8-7-9-11-16-20-25-30-40(45)49-34-39(35-51-53(47,48)50-33-38(44)32-42)52-41(46)31-26-21-17-13-12-14-18-23-27-36(3)5-2/h7-8,11,15-16,19,24,29,36-39,42-44H,4-6,9-10,12-14,17-18,20-23,25-28,30-35H2,1-3H3,(H,47,48)/b8-7-,16-11-,19-15-,29-24+/t36?,37-,38+,39-/m1/s1. The molecule has 5 atom stereocenters. The summed E-state index contributed by atoms with van der Waals surface area (Å²) >= 11 is 0. The van der Waals surface area contributed by atoms with Gasteiger partial charge in [-0.25, -0.2) is 4.57 Å². The second-order valence-corrected chi connectivity index (χ2v) is 15.2. The summed E-state index contributed by atoms with van der Waals surface area (Å²) in [5.74, 6) is -0.223. The maximum absolute atomic E-state index is 12.6. The van der Waals surface area contributed by atoms with Crippen LogP contribution in [-0.4, -0.2) is 76.9 Å². The molecule has 11 nitrogen and oxygen atoms in total. The van der Waals surface area contributed by atoms with Crippen LogP contribution in [-0.2, 0) is 32.7 Å². The van der Waals surface area contributed by atoms with Crippen LogP contribution in [0, 0.1) is 5.92 Å². The number of esters is 2. The molecule has 4 N–H and O–H groups in total. The topological polar surface area (TPSA) is 169 Å². The van der Waals surface area contributed by atoms with Crippen molar-refractivity contribution in [3.05, 3.63) is 48.6 Å². The first-order chi connectivity index (χ1) is 25.5. The number of phosphoric acid groups is 1. The molecule has 308 valence electrons. The molecule has 0 saturated heterocycles. The molecule has 53 heavy (non-hydrogen) atoms. The van der Waals surface area contributed by atoms with Gasteiger partial charge in [0.25, 0.3) is 0 Å². The second-order valence-electron chi connectivity index (χ2n) is 13.8. The number of hydrogen-bond acceptors (Lipinski definition) is 10. The van der Waals surface area contributed by atoms with Gasteiger partial charge in [-0.1, -0.05) is 146 Å². The van der Waals surface area contributed by atoms with Crippen molar-refractivity contribution in [1.29, 1.82) is 0 Å². The molecule has 0 aliphatic rings. The van der Waals surface area contributed by atoms with Gasteiger partial charge in [0.15, 0.2) is 6.10 Å². The van der Waals surface area contributed by atoms with E-state index in [2.05, 4.69) is 37.4 Å². The summed E-state index contributed by atoms with van der Waals surface area (Å²) in [6, 6.07) is 0. The van der Waals surface area contributed by atoms with Crippen molar-refractivity contribution >= 4 is 19.8 Å². The Labute approximate surface area is 320 Å². The van der Waals surface area contributed by atoms with E-state index in [0.717, 1.165) is 63.7 Å². The van der Waals surface area contributed by atoms with E-state index in [-0.39, 0.29) is 25.6 Å². The van der Waals surface area contributed by atoms with Gasteiger partial charge in [0.1, 0.15) is 12.7 Å². The zero-order chi connectivity index (χ0) is 39.4. The van der Waals surface area contributed by atoms with Gasteiger partial charge >= 0.3 is 19.8 Å². The SMILES string of the molecule is CCCCC[C@@H](O)/C=C/C=C\C/C=C\C/C=C\CCCC(=O)OC[C@H](COP(=O)(O)OC[C@@H](O)CO)OC(=O)CCCCCCCCCCC(C)CC. The number of carbonyl (C=O) groups excluding carboxylic acids is 2. The number of ether oxygens (including phenoxy) is 2. The highest BCUT2D eigenvalue weighted by molar-refractivity contribution is 7.47. The lowest BCUT2D eigenvalue weighted by Gasteiger charge is -2.20. The Morgan fingerprint density at radius 2 is 1.30 bits per heavy atom. The van der Waals surface area contributed by atoms with E-state index in [1.54, 1.807) is 0 Å².